The molecule has 0 aromatic heterocycles. The van der Waals surface area contributed by atoms with Gasteiger partial charge in [-0.3, -0.25) is 9.69 Å². The van der Waals surface area contributed by atoms with Crippen molar-refractivity contribution in [2.45, 2.75) is 19.4 Å². The second kappa shape index (κ2) is 5.32. The summed E-state index contributed by atoms with van der Waals surface area (Å²) < 4.78 is 0. The lowest BCUT2D eigenvalue weighted by molar-refractivity contribution is -0.133. The first-order valence-electron chi connectivity index (χ1n) is 5.29. The molecule has 4 heteroatoms. The molecule has 1 rings (SSSR count). The van der Waals surface area contributed by atoms with Crippen LogP contribution >= 0.6 is 0 Å². The van der Waals surface area contributed by atoms with Crippen molar-refractivity contribution < 1.29 is 4.79 Å². The molecule has 0 bridgehead atoms. The Bertz CT molecular complexity index is 186. The molecule has 1 heterocycles. The van der Waals surface area contributed by atoms with Gasteiger partial charge in [0.25, 0.3) is 0 Å². The number of hydrogen-bond donors (Lipinski definition) is 1. The van der Waals surface area contributed by atoms with Crippen LogP contribution in [0.1, 0.15) is 13.3 Å². The zero-order valence-corrected chi connectivity index (χ0v) is 9.42. The SMILES string of the molecule is CC(C(=O)N(C)C)N1CCCNCC1. The van der Waals surface area contributed by atoms with E-state index < -0.39 is 0 Å². The highest BCUT2D eigenvalue weighted by Gasteiger charge is 2.22. The van der Waals surface area contributed by atoms with Gasteiger partial charge >= 0.3 is 0 Å². The number of hydrogen-bond acceptors (Lipinski definition) is 3. The van der Waals surface area contributed by atoms with Gasteiger partial charge in [-0.2, -0.15) is 0 Å². The first kappa shape index (κ1) is 11.5. The molecular formula is C10H21N3O. The van der Waals surface area contributed by atoms with Gasteiger partial charge in [0.1, 0.15) is 0 Å². The van der Waals surface area contributed by atoms with E-state index in [1.165, 1.54) is 0 Å². The van der Waals surface area contributed by atoms with Gasteiger partial charge in [-0.25, -0.2) is 0 Å². The summed E-state index contributed by atoms with van der Waals surface area (Å²) in [4.78, 5) is 15.6. The van der Waals surface area contributed by atoms with Crippen molar-refractivity contribution in [1.29, 1.82) is 0 Å². The largest absolute Gasteiger partial charge is 0.347 e. The van der Waals surface area contributed by atoms with Crippen LogP contribution in [-0.4, -0.2) is 62.0 Å². The molecule has 0 aromatic carbocycles. The molecule has 1 fully saturated rings. The van der Waals surface area contributed by atoms with Crippen molar-refractivity contribution >= 4 is 5.91 Å². The third-order valence-electron chi connectivity index (χ3n) is 2.72. The second-order valence-electron chi connectivity index (χ2n) is 4.05. The van der Waals surface area contributed by atoms with Crippen LogP contribution in [0.3, 0.4) is 0 Å². The van der Waals surface area contributed by atoms with Crippen molar-refractivity contribution in [1.82, 2.24) is 15.1 Å². The molecule has 1 aliphatic heterocycles. The third kappa shape index (κ3) is 2.96. The van der Waals surface area contributed by atoms with Crippen molar-refractivity contribution in [3.8, 4) is 0 Å². The van der Waals surface area contributed by atoms with Gasteiger partial charge in [0.2, 0.25) is 5.91 Å². The molecule has 14 heavy (non-hydrogen) atoms. The van der Waals surface area contributed by atoms with Gasteiger partial charge < -0.3 is 10.2 Å². The minimum Gasteiger partial charge on any atom is -0.347 e. The number of nitrogens with one attached hydrogen (secondary N) is 1. The molecule has 0 aromatic rings. The Morgan fingerprint density at radius 3 is 2.71 bits per heavy atom. The zero-order valence-electron chi connectivity index (χ0n) is 9.42. The van der Waals surface area contributed by atoms with E-state index in [2.05, 4.69) is 10.2 Å². The Hall–Kier alpha value is -0.610. The topological polar surface area (TPSA) is 35.6 Å². The van der Waals surface area contributed by atoms with Crippen molar-refractivity contribution in [2.24, 2.45) is 0 Å². The zero-order chi connectivity index (χ0) is 10.6. The van der Waals surface area contributed by atoms with Crippen molar-refractivity contribution in [3.05, 3.63) is 0 Å². The maximum absolute atomic E-state index is 11.7. The fraction of sp³-hybridized carbons (Fsp3) is 0.900. The smallest absolute Gasteiger partial charge is 0.239 e. The average Bonchev–Trinajstić information content (AvgIpc) is 2.43. The van der Waals surface area contributed by atoms with E-state index in [0.29, 0.717) is 0 Å². The molecule has 1 unspecified atom stereocenters. The second-order valence-corrected chi connectivity index (χ2v) is 4.05. The molecule has 0 aliphatic carbocycles. The number of rotatable bonds is 2. The van der Waals surface area contributed by atoms with E-state index in [1.54, 1.807) is 4.90 Å². The molecule has 1 N–H and O–H groups in total. The average molecular weight is 199 g/mol. The van der Waals surface area contributed by atoms with Gasteiger partial charge in [0.05, 0.1) is 6.04 Å². The van der Waals surface area contributed by atoms with Crippen LogP contribution in [0.15, 0.2) is 0 Å². The summed E-state index contributed by atoms with van der Waals surface area (Å²) in [6, 6.07) is 0.0184. The van der Waals surface area contributed by atoms with E-state index in [4.69, 9.17) is 0 Å². The van der Waals surface area contributed by atoms with Crippen LogP contribution in [0.2, 0.25) is 0 Å². The Balaban J connectivity index is 2.49. The molecule has 1 amide bonds. The molecule has 0 saturated carbocycles. The van der Waals surface area contributed by atoms with E-state index in [0.717, 1.165) is 32.6 Å². The maximum atomic E-state index is 11.7. The maximum Gasteiger partial charge on any atom is 0.239 e. The minimum absolute atomic E-state index is 0.0184. The molecule has 1 aliphatic rings. The Labute approximate surface area is 86.2 Å². The molecule has 1 atom stereocenters. The Kier molecular flexibility index (Phi) is 4.35. The molecule has 82 valence electrons. The van der Waals surface area contributed by atoms with Crippen LogP contribution < -0.4 is 5.32 Å². The highest BCUT2D eigenvalue weighted by atomic mass is 16.2. The number of carbonyl (C=O) groups excluding carboxylic acids is 1. The van der Waals surface area contributed by atoms with Crippen molar-refractivity contribution in [2.75, 3.05) is 40.3 Å². The first-order valence-corrected chi connectivity index (χ1v) is 5.29. The van der Waals surface area contributed by atoms with Gasteiger partial charge in [0, 0.05) is 33.7 Å². The summed E-state index contributed by atoms with van der Waals surface area (Å²) >= 11 is 0. The Morgan fingerprint density at radius 1 is 1.36 bits per heavy atom. The summed E-state index contributed by atoms with van der Waals surface area (Å²) in [6.45, 7) is 6.05. The highest BCUT2D eigenvalue weighted by molar-refractivity contribution is 5.80. The monoisotopic (exact) mass is 199 g/mol. The number of likely N-dealkylation sites (N-methyl/N-ethyl adjacent to an activating group) is 1. The first-order chi connectivity index (χ1) is 6.63. The normalized spacial score (nSPS) is 21.4. The lowest BCUT2D eigenvalue weighted by Gasteiger charge is -2.28. The predicted molar refractivity (Wildman–Crippen MR) is 57.2 cm³/mol. The van der Waals surface area contributed by atoms with Crippen molar-refractivity contribution in [3.63, 3.8) is 0 Å². The van der Waals surface area contributed by atoms with E-state index in [-0.39, 0.29) is 11.9 Å². The molecule has 1 saturated heterocycles. The number of nitrogens with zero attached hydrogens (tertiary/aromatic N) is 2. The van der Waals surface area contributed by atoms with E-state index in [1.807, 2.05) is 21.0 Å². The Morgan fingerprint density at radius 2 is 2.07 bits per heavy atom. The van der Waals surface area contributed by atoms with E-state index >= 15 is 0 Å². The van der Waals surface area contributed by atoms with Gasteiger partial charge in [0.15, 0.2) is 0 Å². The summed E-state index contributed by atoms with van der Waals surface area (Å²) in [5.41, 5.74) is 0. The molecule has 0 spiro atoms. The van der Waals surface area contributed by atoms with Crippen LogP contribution in [0.4, 0.5) is 0 Å². The summed E-state index contributed by atoms with van der Waals surface area (Å²) in [5.74, 6) is 0.201. The summed E-state index contributed by atoms with van der Waals surface area (Å²) in [7, 11) is 3.63. The molecule has 0 radical (unpaired) electrons. The predicted octanol–water partition coefficient (Wildman–Crippen LogP) is -0.242. The van der Waals surface area contributed by atoms with Crippen LogP contribution in [0.5, 0.6) is 0 Å². The fourth-order valence-electron chi connectivity index (χ4n) is 1.78. The minimum atomic E-state index is 0.0184. The number of carbonyl (C=O) groups is 1. The van der Waals surface area contributed by atoms with Crippen LogP contribution in [0.25, 0.3) is 0 Å². The molecular weight excluding hydrogens is 178 g/mol. The quantitative estimate of drug-likeness (QED) is 0.666. The van der Waals surface area contributed by atoms with Crippen LogP contribution in [0, 0.1) is 0 Å². The highest BCUT2D eigenvalue weighted by Crippen LogP contribution is 2.04. The third-order valence-corrected chi connectivity index (χ3v) is 2.72. The van der Waals surface area contributed by atoms with Gasteiger partial charge in [-0.1, -0.05) is 0 Å². The summed E-state index contributed by atoms with van der Waals surface area (Å²) in [5, 5.41) is 3.33. The number of amides is 1. The van der Waals surface area contributed by atoms with Crippen LogP contribution in [-0.2, 0) is 4.79 Å². The molecule has 4 nitrogen and oxygen atoms in total. The van der Waals surface area contributed by atoms with Gasteiger partial charge in [-0.05, 0) is 19.9 Å². The van der Waals surface area contributed by atoms with Gasteiger partial charge in [-0.15, -0.1) is 0 Å². The van der Waals surface area contributed by atoms with E-state index in [9.17, 15) is 4.79 Å². The fourth-order valence-corrected chi connectivity index (χ4v) is 1.78. The summed E-state index contributed by atoms with van der Waals surface area (Å²) in [6.07, 6.45) is 1.13. The lowest BCUT2D eigenvalue weighted by atomic mass is 10.2. The lowest BCUT2D eigenvalue weighted by Crippen LogP contribution is -2.45. The standard InChI is InChI=1S/C10H21N3O/c1-9(10(14)12(2)3)13-7-4-5-11-6-8-13/h9,11H,4-8H2,1-3H3.